The van der Waals surface area contributed by atoms with Crippen molar-refractivity contribution < 1.29 is 4.79 Å². The van der Waals surface area contributed by atoms with Crippen LogP contribution in [0.2, 0.25) is 10.3 Å². The van der Waals surface area contributed by atoms with Gasteiger partial charge in [-0.05, 0) is 56.6 Å². The number of carbonyl (C=O) groups excluding carboxylic acids is 1. The van der Waals surface area contributed by atoms with Crippen LogP contribution in [0.1, 0.15) is 32.6 Å². The van der Waals surface area contributed by atoms with Gasteiger partial charge < -0.3 is 15.5 Å². The summed E-state index contributed by atoms with van der Waals surface area (Å²) in [6.07, 6.45) is 4.63. The minimum atomic E-state index is -0.0516. The number of fused-ring (bicyclic) bond motifs is 1. The molecule has 28 heavy (non-hydrogen) atoms. The van der Waals surface area contributed by atoms with Crippen LogP contribution in [0.4, 0.5) is 10.5 Å². The molecule has 154 valence electrons. The number of hydrogen-bond acceptors (Lipinski definition) is 4. The largest absolute Gasteiger partial charge is 0.322 e. The molecule has 3 aliphatic rings. The van der Waals surface area contributed by atoms with Crippen molar-refractivity contribution in [2.75, 3.05) is 38.0 Å². The van der Waals surface area contributed by atoms with E-state index < -0.39 is 0 Å². The summed E-state index contributed by atoms with van der Waals surface area (Å²) in [7, 11) is 0. The van der Waals surface area contributed by atoms with E-state index in [1.54, 1.807) is 12.1 Å². The highest BCUT2D eigenvalue weighted by Crippen LogP contribution is 2.53. The van der Waals surface area contributed by atoms with Gasteiger partial charge in [0, 0.05) is 50.5 Å². The summed E-state index contributed by atoms with van der Waals surface area (Å²) in [6, 6.07) is 4.14. The van der Waals surface area contributed by atoms with Crippen LogP contribution in [0.25, 0.3) is 0 Å². The number of hydrogen-bond donors (Lipinski definition) is 2. The lowest BCUT2D eigenvalue weighted by Crippen LogP contribution is -2.51. The van der Waals surface area contributed by atoms with Gasteiger partial charge in [0.15, 0.2) is 0 Å². The third-order valence-corrected chi connectivity index (χ3v) is 6.85. The highest BCUT2D eigenvalue weighted by Gasteiger charge is 2.51. The van der Waals surface area contributed by atoms with Crippen molar-refractivity contribution in [2.45, 2.75) is 44.7 Å². The average Bonchev–Trinajstić information content (AvgIpc) is 3.30. The summed E-state index contributed by atoms with van der Waals surface area (Å²) in [5.41, 5.74) is 0.598. The highest BCUT2D eigenvalue weighted by molar-refractivity contribution is 6.32. The number of anilines is 1. The third-order valence-electron chi connectivity index (χ3n) is 6.46. The van der Waals surface area contributed by atoms with E-state index in [1.165, 1.54) is 12.8 Å². The third kappa shape index (κ3) is 4.73. The molecule has 2 amide bonds. The molecule has 2 saturated carbocycles. The van der Waals surface area contributed by atoms with E-state index in [0.717, 1.165) is 51.5 Å². The second kappa shape index (κ2) is 8.74. The number of pyridine rings is 1. The Morgan fingerprint density at radius 3 is 2.79 bits per heavy atom. The summed E-state index contributed by atoms with van der Waals surface area (Å²) in [6.45, 7) is 7.24. The van der Waals surface area contributed by atoms with Crippen LogP contribution < -0.4 is 10.6 Å². The van der Waals surface area contributed by atoms with E-state index in [9.17, 15) is 4.79 Å². The molecule has 0 aromatic carbocycles. The fourth-order valence-electron chi connectivity index (χ4n) is 4.87. The van der Waals surface area contributed by atoms with E-state index in [0.29, 0.717) is 23.7 Å². The smallest absolute Gasteiger partial charge is 0.321 e. The molecule has 4 rings (SSSR count). The first-order valence-corrected chi connectivity index (χ1v) is 11.1. The molecule has 1 aliphatic heterocycles. The number of halogens is 2. The molecule has 2 aliphatic carbocycles. The van der Waals surface area contributed by atoms with E-state index in [2.05, 4.69) is 32.3 Å². The summed E-state index contributed by atoms with van der Waals surface area (Å²) in [5, 5.41) is 6.99. The first-order chi connectivity index (χ1) is 13.5. The van der Waals surface area contributed by atoms with Crippen LogP contribution in [0.15, 0.2) is 12.1 Å². The first-order valence-electron chi connectivity index (χ1n) is 10.4. The zero-order chi connectivity index (χ0) is 19.7. The van der Waals surface area contributed by atoms with Crippen LogP contribution in [-0.2, 0) is 0 Å². The van der Waals surface area contributed by atoms with Crippen molar-refractivity contribution >= 4 is 34.9 Å². The van der Waals surface area contributed by atoms with E-state index >= 15 is 0 Å². The second-order valence-corrected chi connectivity index (χ2v) is 9.15. The fourth-order valence-corrected chi connectivity index (χ4v) is 5.33. The van der Waals surface area contributed by atoms with E-state index in [1.807, 2.05) is 0 Å². The number of urea groups is 1. The van der Waals surface area contributed by atoms with E-state index in [4.69, 9.17) is 23.2 Å². The Hall–Kier alpha value is -1.08. The van der Waals surface area contributed by atoms with Gasteiger partial charge in [0.25, 0.3) is 0 Å². The molecule has 1 aromatic heterocycles. The minimum absolute atomic E-state index is 0.0516. The van der Waals surface area contributed by atoms with Crippen molar-refractivity contribution in [3.05, 3.63) is 22.4 Å². The predicted octanol–water partition coefficient (Wildman–Crippen LogP) is 3.70. The molecule has 3 fully saturated rings. The quantitative estimate of drug-likeness (QED) is 0.681. The van der Waals surface area contributed by atoms with Crippen molar-refractivity contribution in [1.29, 1.82) is 0 Å². The summed E-state index contributed by atoms with van der Waals surface area (Å²) >= 11 is 12.0. The number of amides is 2. The maximum absolute atomic E-state index is 13.1. The van der Waals surface area contributed by atoms with Gasteiger partial charge in [-0.25, -0.2) is 9.78 Å². The van der Waals surface area contributed by atoms with Crippen LogP contribution in [0.3, 0.4) is 0 Å². The maximum atomic E-state index is 13.1. The lowest BCUT2D eigenvalue weighted by atomic mass is 10.1. The van der Waals surface area contributed by atoms with Gasteiger partial charge in [0.1, 0.15) is 10.3 Å². The van der Waals surface area contributed by atoms with Crippen molar-refractivity contribution in [3.63, 3.8) is 0 Å². The lowest BCUT2D eigenvalue weighted by Gasteiger charge is -2.35. The molecule has 2 heterocycles. The molecule has 0 bridgehead atoms. The Bertz CT molecular complexity index is 698. The number of nitrogens with zero attached hydrogens (tertiary/aromatic N) is 3. The minimum Gasteiger partial charge on any atom is -0.321 e. The Morgan fingerprint density at radius 2 is 2.14 bits per heavy atom. The van der Waals surface area contributed by atoms with E-state index in [-0.39, 0.29) is 16.3 Å². The normalized spacial score (nSPS) is 29.4. The van der Waals surface area contributed by atoms with Gasteiger partial charge >= 0.3 is 6.03 Å². The number of piperazine rings is 1. The molecule has 0 spiro atoms. The highest BCUT2D eigenvalue weighted by atomic mass is 35.5. The molecule has 0 radical (unpaired) electrons. The number of rotatable bonds is 6. The number of carbonyl (C=O) groups is 1. The maximum Gasteiger partial charge on any atom is 0.322 e. The van der Waals surface area contributed by atoms with Crippen LogP contribution in [0, 0.1) is 11.8 Å². The van der Waals surface area contributed by atoms with Gasteiger partial charge in [-0.15, -0.1) is 0 Å². The summed E-state index contributed by atoms with van der Waals surface area (Å²) in [4.78, 5) is 21.6. The fraction of sp³-hybridized carbons (Fsp3) is 0.700. The predicted molar refractivity (Wildman–Crippen MR) is 113 cm³/mol. The van der Waals surface area contributed by atoms with Gasteiger partial charge in [-0.1, -0.05) is 23.2 Å². The Kier molecular flexibility index (Phi) is 6.30. The standard InChI is InChI=1S/C20H29Cl2N5O/c1-13-12-23-5-8-26(13)6-2-7-27(17-4-3-14-9-16(14)17)20(28)24-15-10-18(21)25-19(22)11-15/h10-11,13-14,16-17,23H,2-9,12H2,1H3,(H,24,25,28)/t13-,14?,16?,17+/m0/s1. The Morgan fingerprint density at radius 1 is 1.36 bits per heavy atom. The van der Waals surface area contributed by atoms with Gasteiger partial charge in [0.2, 0.25) is 0 Å². The average molecular weight is 426 g/mol. The van der Waals surface area contributed by atoms with Crippen LogP contribution in [0.5, 0.6) is 0 Å². The monoisotopic (exact) mass is 425 g/mol. The Balaban J connectivity index is 1.39. The van der Waals surface area contributed by atoms with Crippen molar-refractivity contribution in [3.8, 4) is 0 Å². The van der Waals surface area contributed by atoms with Crippen molar-refractivity contribution in [1.82, 2.24) is 20.1 Å². The van der Waals surface area contributed by atoms with Crippen molar-refractivity contribution in [2.24, 2.45) is 11.8 Å². The zero-order valence-electron chi connectivity index (χ0n) is 16.3. The molecule has 1 aromatic rings. The molecular formula is C20H29Cl2N5O. The summed E-state index contributed by atoms with van der Waals surface area (Å²) < 4.78 is 0. The SMILES string of the molecule is C[C@H]1CNCCN1CCCN(C(=O)Nc1cc(Cl)nc(Cl)c1)[C@@H]1CCC2CC21. The second-order valence-electron chi connectivity index (χ2n) is 8.37. The molecule has 8 heteroatoms. The zero-order valence-corrected chi connectivity index (χ0v) is 17.8. The lowest BCUT2D eigenvalue weighted by molar-refractivity contribution is 0.150. The molecule has 4 atom stereocenters. The topological polar surface area (TPSA) is 60.5 Å². The molecule has 2 unspecified atom stereocenters. The van der Waals surface area contributed by atoms with Gasteiger partial charge in [0.05, 0.1) is 0 Å². The van der Waals surface area contributed by atoms with Crippen LogP contribution >= 0.6 is 23.2 Å². The first kappa shape index (κ1) is 20.2. The number of nitrogens with one attached hydrogen (secondary N) is 2. The van der Waals surface area contributed by atoms with Gasteiger partial charge in [-0.3, -0.25) is 4.90 Å². The van der Waals surface area contributed by atoms with Crippen LogP contribution in [-0.4, -0.2) is 65.6 Å². The molecular weight excluding hydrogens is 397 g/mol. The van der Waals surface area contributed by atoms with Gasteiger partial charge in [-0.2, -0.15) is 0 Å². The number of aromatic nitrogens is 1. The molecule has 1 saturated heterocycles. The molecule has 6 nitrogen and oxygen atoms in total. The molecule has 2 N–H and O–H groups in total. The summed E-state index contributed by atoms with van der Waals surface area (Å²) in [5.74, 6) is 1.52. The Labute approximate surface area is 176 Å².